The zero-order valence-electron chi connectivity index (χ0n) is 16.5. The van der Waals surface area contributed by atoms with Crippen molar-refractivity contribution in [1.82, 2.24) is 14.5 Å². The van der Waals surface area contributed by atoms with E-state index in [9.17, 15) is 0 Å². The number of benzene rings is 2. The summed E-state index contributed by atoms with van der Waals surface area (Å²) in [7, 11) is 1.68. The molecule has 0 saturated heterocycles. The van der Waals surface area contributed by atoms with Crippen molar-refractivity contribution >= 4 is 35.1 Å². The maximum atomic E-state index is 9.10. The summed E-state index contributed by atoms with van der Waals surface area (Å²) in [6.45, 7) is 0. The van der Waals surface area contributed by atoms with Crippen LogP contribution in [-0.4, -0.2) is 43.8 Å². The Hall–Kier alpha value is -4.46. The summed E-state index contributed by atoms with van der Waals surface area (Å²) in [4.78, 5) is 27.4. The molecule has 0 radical (unpaired) electrons. The number of aliphatic carboxylic acids is 2. The van der Waals surface area contributed by atoms with Gasteiger partial charge in [-0.2, -0.15) is 0 Å². The highest BCUT2D eigenvalue weighted by molar-refractivity contribution is 6.27. The summed E-state index contributed by atoms with van der Waals surface area (Å²) >= 11 is 0. The number of ether oxygens (including phenoxy) is 1. The predicted molar refractivity (Wildman–Crippen MR) is 116 cm³/mol. The molecule has 8 nitrogen and oxygen atoms in total. The maximum absolute atomic E-state index is 9.10. The molecule has 0 fully saturated rings. The van der Waals surface area contributed by atoms with Crippen LogP contribution in [0.1, 0.15) is 11.4 Å². The standard InChI is InChI=1S/C21H17N3O.C2H2O4/c1-25-19-11-5-2-8-16(19)13-14-21-23-17-9-3-4-10-18(17)24(21)20-12-6-7-15-22-20;3-1(4)2(5)6/h2-15H,1H3;(H,3,4)(H,5,6). The minimum Gasteiger partial charge on any atom is -0.496 e. The van der Waals surface area contributed by atoms with Gasteiger partial charge in [-0.05, 0) is 42.5 Å². The molecule has 8 heteroatoms. The van der Waals surface area contributed by atoms with Crippen LogP contribution < -0.4 is 4.74 Å². The topological polar surface area (TPSA) is 115 Å². The van der Waals surface area contributed by atoms with E-state index in [0.717, 1.165) is 34.0 Å². The number of carbonyl (C=O) groups is 2. The second kappa shape index (κ2) is 9.84. The third-order valence-corrected chi connectivity index (χ3v) is 4.20. The van der Waals surface area contributed by atoms with E-state index in [1.54, 1.807) is 13.3 Å². The lowest BCUT2D eigenvalue weighted by Gasteiger charge is -2.06. The van der Waals surface area contributed by atoms with Gasteiger partial charge in [0.2, 0.25) is 0 Å². The molecule has 0 spiro atoms. The van der Waals surface area contributed by atoms with Gasteiger partial charge in [0.15, 0.2) is 0 Å². The minimum atomic E-state index is -1.82. The number of hydrogen-bond acceptors (Lipinski definition) is 5. The van der Waals surface area contributed by atoms with Crippen LogP contribution in [0, 0.1) is 0 Å². The first kappa shape index (κ1) is 21.3. The van der Waals surface area contributed by atoms with Gasteiger partial charge >= 0.3 is 11.9 Å². The summed E-state index contributed by atoms with van der Waals surface area (Å²) in [6.07, 6.45) is 5.80. The number of para-hydroxylation sites is 3. The van der Waals surface area contributed by atoms with E-state index in [1.165, 1.54) is 0 Å². The molecule has 2 aromatic carbocycles. The van der Waals surface area contributed by atoms with Crippen molar-refractivity contribution in [2.75, 3.05) is 7.11 Å². The molecule has 0 aliphatic rings. The summed E-state index contributed by atoms with van der Waals surface area (Å²) in [6, 6.07) is 21.8. The molecule has 156 valence electrons. The number of methoxy groups -OCH3 is 1. The SMILES string of the molecule is COc1ccccc1C=Cc1nc2ccccc2n1-c1ccccn1.O=C(O)C(=O)O. The number of imidazole rings is 1. The number of rotatable bonds is 4. The van der Waals surface area contributed by atoms with Gasteiger partial charge in [0.1, 0.15) is 17.4 Å². The van der Waals surface area contributed by atoms with Crippen LogP contribution in [0.3, 0.4) is 0 Å². The third kappa shape index (κ3) is 5.13. The normalized spacial score (nSPS) is 10.5. The van der Waals surface area contributed by atoms with Crippen LogP contribution in [0.25, 0.3) is 29.0 Å². The quantitative estimate of drug-likeness (QED) is 0.486. The zero-order chi connectivity index (χ0) is 22.2. The summed E-state index contributed by atoms with van der Waals surface area (Å²) in [5.41, 5.74) is 2.97. The highest BCUT2D eigenvalue weighted by Crippen LogP contribution is 2.24. The molecule has 4 aromatic rings. The van der Waals surface area contributed by atoms with Crippen molar-refractivity contribution in [3.63, 3.8) is 0 Å². The van der Waals surface area contributed by atoms with Crippen LogP contribution in [0.5, 0.6) is 5.75 Å². The molecule has 0 aliphatic carbocycles. The van der Waals surface area contributed by atoms with Gasteiger partial charge < -0.3 is 14.9 Å². The number of nitrogens with zero attached hydrogens (tertiary/aromatic N) is 3. The number of hydrogen-bond donors (Lipinski definition) is 2. The van der Waals surface area contributed by atoms with E-state index in [-0.39, 0.29) is 0 Å². The minimum absolute atomic E-state index is 0.825. The molecular formula is C23H19N3O5. The van der Waals surface area contributed by atoms with Crippen LogP contribution in [0.15, 0.2) is 72.9 Å². The molecule has 4 rings (SSSR count). The number of carboxylic acid groups (broad SMARTS) is 2. The Morgan fingerprint density at radius 2 is 1.58 bits per heavy atom. The first-order valence-corrected chi connectivity index (χ1v) is 9.17. The monoisotopic (exact) mass is 417 g/mol. The van der Waals surface area contributed by atoms with Gasteiger partial charge in [-0.15, -0.1) is 0 Å². The molecule has 0 bridgehead atoms. The number of aromatic nitrogens is 3. The molecule has 0 aliphatic heterocycles. The summed E-state index contributed by atoms with van der Waals surface area (Å²) in [5, 5.41) is 14.8. The Balaban J connectivity index is 0.000000401. The van der Waals surface area contributed by atoms with Crippen LogP contribution >= 0.6 is 0 Å². The summed E-state index contributed by atoms with van der Waals surface area (Å²) in [5.74, 6) is -1.15. The van der Waals surface area contributed by atoms with Gasteiger partial charge in [-0.1, -0.05) is 36.4 Å². The van der Waals surface area contributed by atoms with Crippen LogP contribution in [-0.2, 0) is 9.59 Å². The fourth-order valence-electron chi connectivity index (χ4n) is 2.85. The van der Waals surface area contributed by atoms with Crippen LogP contribution in [0.4, 0.5) is 0 Å². The van der Waals surface area contributed by atoms with Gasteiger partial charge in [-0.3, -0.25) is 4.57 Å². The first-order valence-electron chi connectivity index (χ1n) is 9.17. The zero-order valence-corrected chi connectivity index (χ0v) is 16.5. The fraction of sp³-hybridized carbons (Fsp3) is 0.0435. The molecular weight excluding hydrogens is 398 g/mol. The second-order valence-electron chi connectivity index (χ2n) is 6.17. The number of pyridine rings is 1. The molecule has 0 saturated carbocycles. The predicted octanol–water partition coefficient (Wildman–Crippen LogP) is 3.76. The Morgan fingerprint density at radius 3 is 2.26 bits per heavy atom. The molecule has 2 heterocycles. The lowest BCUT2D eigenvalue weighted by molar-refractivity contribution is -0.159. The van der Waals surface area contributed by atoms with Crippen LogP contribution in [0.2, 0.25) is 0 Å². The Bertz CT molecular complexity index is 1220. The van der Waals surface area contributed by atoms with Gasteiger partial charge in [0.25, 0.3) is 0 Å². The van der Waals surface area contributed by atoms with Crippen molar-refractivity contribution in [2.24, 2.45) is 0 Å². The van der Waals surface area contributed by atoms with Crippen molar-refractivity contribution in [1.29, 1.82) is 0 Å². The largest absolute Gasteiger partial charge is 0.496 e. The van der Waals surface area contributed by atoms with Gasteiger partial charge in [0.05, 0.1) is 18.1 Å². The van der Waals surface area contributed by atoms with E-state index >= 15 is 0 Å². The second-order valence-corrected chi connectivity index (χ2v) is 6.17. The Kier molecular flexibility index (Phi) is 6.74. The maximum Gasteiger partial charge on any atom is 0.414 e. The fourth-order valence-corrected chi connectivity index (χ4v) is 2.85. The van der Waals surface area contributed by atoms with E-state index in [0.29, 0.717) is 0 Å². The van der Waals surface area contributed by atoms with E-state index < -0.39 is 11.9 Å². The number of carboxylic acids is 2. The van der Waals surface area contributed by atoms with Crippen molar-refractivity contribution in [3.8, 4) is 11.6 Å². The van der Waals surface area contributed by atoms with E-state index in [4.69, 9.17) is 29.5 Å². The Morgan fingerprint density at radius 1 is 0.903 bits per heavy atom. The average Bonchev–Trinajstić information content (AvgIpc) is 3.17. The molecule has 31 heavy (non-hydrogen) atoms. The van der Waals surface area contributed by atoms with Gasteiger partial charge in [-0.25, -0.2) is 19.6 Å². The summed E-state index contributed by atoms with van der Waals surface area (Å²) < 4.78 is 7.47. The van der Waals surface area contributed by atoms with Crippen molar-refractivity contribution in [3.05, 3.63) is 84.3 Å². The molecule has 2 aromatic heterocycles. The van der Waals surface area contributed by atoms with Gasteiger partial charge in [0, 0.05) is 11.8 Å². The highest BCUT2D eigenvalue weighted by Gasteiger charge is 2.11. The van der Waals surface area contributed by atoms with E-state index in [2.05, 4.69) is 15.6 Å². The first-order chi connectivity index (χ1) is 15.0. The third-order valence-electron chi connectivity index (χ3n) is 4.20. The van der Waals surface area contributed by atoms with Crippen molar-refractivity contribution < 1.29 is 24.5 Å². The highest BCUT2D eigenvalue weighted by atomic mass is 16.5. The number of fused-ring (bicyclic) bond motifs is 1. The Labute approximate surface area is 177 Å². The smallest absolute Gasteiger partial charge is 0.414 e. The van der Waals surface area contributed by atoms with Crippen molar-refractivity contribution in [2.45, 2.75) is 0 Å². The lowest BCUT2D eigenvalue weighted by Crippen LogP contribution is -2.09. The lowest BCUT2D eigenvalue weighted by atomic mass is 10.2. The molecule has 2 N–H and O–H groups in total. The molecule has 0 atom stereocenters. The molecule has 0 amide bonds. The average molecular weight is 417 g/mol. The molecule has 0 unspecified atom stereocenters. The van der Waals surface area contributed by atoms with E-state index in [1.807, 2.05) is 72.8 Å².